The number of hydrazine groups is 1. The van der Waals surface area contributed by atoms with Gasteiger partial charge in [0.2, 0.25) is 0 Å². The standard InChI is InChI=1S/C16H22N4O/c1-11(2)9-13-10-14(20-17)19-16(18-13)15(21-3)12-7-5-4-6-8-12/h4-8,10-11,15H,9,17H2,1-3H3,(H,18,19,20). The van der Waals surface area contributed by atoms with Crippen molar-refractivity contribution in [1.29, 1.82) is 0 Å². The number of ether oxygens (including phenoxy) is 1. The van der Waals surface area contributed by atoms with Crippen molar-refractivity contribution in [2.75, 3.05) is 12.5 Å². The summed E-state index contributed by atoms with van der Waals surface area (Å²) in [4.78, 5) is 9.07. The van der Waals surface area contributed by atoms with Crippen molar-refractivity contribution >= 4 is 5.82 Å². The third-order valence-corrected chi connectivity index (χ3v) is 3.13. The van der Waals surface area contributed by atoms with E-state index in [2.05, 4.69) is 29.2 Å². The molecule has 0 aliphatic rings. The molecule has 3 N–H and O–H groups in total. The van der Waals surface area contributed by atoms with Crippen LogP contribution in [0.3, 0.4) is 0 Å². The Morgan fingerprint density at radius 2 is 1.90 bits per heavy atom. The van der Waals surface area contributed by atoms with Crippen LogP contribution in [-0.2, 0) is 11.2 Å². The number of benzene rings is 1. The van der Waals surface area contributed by atoms with Crippen molar-refractivity contribution < 1.29 is 4.74 Å². The Balaban J connectivity index is 2.40. The molecule has 0 aliphatic carbocycles. The van der Waals surface area contributed by atoms with E-state index in [1.165, 1.54) is 0 Å². The Bertz CT molecular complexity index is 572. The van der Waals surface area contributed by atoms with E-state index in [-0.39, 0.29) is 6.10 Å². The molecule has 1 aromatic heterocycles. The number of nitrogens with one attached hydrogen (secondary N) is 1. The van der Waals surface area contributed by atoms with E-state index in [1.54, 1.807) is 7.11 Å². The second-order valence-electron chi connectivity index (χ2n) is 5.37. The average molecular weight is 286 g/mol. The van der Waals surface area contributed by atoms with E-state index < -0.39 is 0 Å². The normalized spacial score (nSPS) is 12.4. The molecule has 0 saturated heterocycles. The topological polar surface area (TPSA) is 73.1 Å². The van der Waals surface area contributed by atoms with Crippen LogP contribution in [-0.4, -0.2) is 17.1 Å². The van der Waals surface area contributed by atoms with Gasteiger partial charge in [-0.25, -0.2) is 15.8 Å². The smallest absolute Gasteiger partial charge is 0.164 e. The van der Waals surface area contributed by atoms with Crippen LogP contribution in [0.15, 0.2) is 36.4 Å². The van der Waals surface area contributed by atoms with Gasteiger partial charge in [-0.3, -0.25) is 0 Å². The first-order valence-electron chi connectivity index (χ1n) is 7.06. The summed E-state index contributed by atoms with van der Waals surface area (Å²) < 4.78 is 5.59. The van der Waals surface area contributed by atoms with E-state index in [1.807, 2.05) is 36.4 Å². The lowest BCUT2D eigenvalue weighted by Crippen LogP contribution is -2.15. The van der Waals surface area contributed by atoms with E-state index in [0.717, 1.165) is 17.7 Å². The molecule has 0 amide bonds. The molecule has 0 aliphatic heterocycles. The molecule has 0 spiro atoms. The van der Waals surface area contributed by atoms with Gasteiger partial charge in [-0.2, -0.15) is 0 Å². The number of hydrogen-bond acceptors (Lipinski definition) is 5. The summed E-state index contributed by atoms with van der Waals surface area (Å²) in [6.45, 7) is 4.31. The number of aromatic nitrogens is 2. The fourth-order valence-electron chi connectivity index (χ4n) is 2.25. The summed E-state index contributed by atoms with van der Waals surface area (Å²) in [6, 6.07) is 11.8. The predicted octanol–water partition coefficient (Wildman–Crippen LogP) is 2.70. The molecule has 2 aromatic rings. The zero-order valence-electron chi connectivity index (χ0n) is 12.7. The van der Waals surface area contributed by atoms with Crippen molar-refractivity contribution in [3.63, 3.8) is 0 Å². The Morgan fingerprint density at radius 3 is 2.48 bits per heavy atom. The number of nitrogen functional groups attached to an aromatic ring is 1. The second kappa shape index (κ2) is 7.15. The third-order valence-electron chi connectivity index (χ3n) is 3.13. The highest BCUT2D eigenvalue weighted by Crippen LogP contribution is 2.24. The van der Waals surface area contributed by atoms with Crippen molar-refractivity contribution in [1.82, 2.24) is 9.97 Å². The highest BCUT2D eigenvalue weighted by molar-refractivity contribution is 5.36. The van der Waals surface area contributed by atoms with Gasteiger partial charge in [0.1, 0.15) is 11.9 Å². The Labute approximate surface area is 125 Å². The first-order chi connectivity index (χ1) is 10.1. The highest BCUT2D eigenvalue weighted by atomic mass is 16.5. The van der Waals surface area contributed by atoms with Gasteiger partial charge in [0.15, 0.2) is 5.82 Å². The molecule has 1 atom stereocenters. The Kier molecular flexibility index (Phi) is 5.25. The van der Waals surface area contributed by atoms with Gasteiger partial charge < -0.3 is 10.2 Å². The molecule has 5 heteroatoms. The summed E-state index contributed by atoms with van der Waals surface area (Å²) >= 11 is 0. The van der Waals surface area contributed by atoms with Crippen LogP contribution in [0.25, 0.3) is 0 Å². The first-order valence-corrected chi connectivity index (χ1v) is 7.06. The molecule has 0 bridgehead atoms. The molecule has 112 valence electrons. The Hall–Kier alpha value is -1.98. The predicted molar refractivity (Wildman–Crippen MR) is 83.7 cm³/mol. The lowest BCUT2D eigenvalue weighted by atomic mass is 10.1. The lowest BCUT2D eigenvalue weighted by molar-refractivity contribution is 0.129. The molecule has 1 unspecified atom stereocenters. The molecule has 5 nitrogen and oxygen atoms in total. The quantitative estimate of drug-likeness (QED) is 0.631. The number of hydrogen-bond donors (Lipinski definition) is 2. The number of methoxy groups -OCH3 is 1. The van der Waals surface area contributed by atoms with Crippen molar-refractivity contribution in [3.8, 4) is 0 Å². The van der Waals surface area contributed by atoms with Gasteiger partial charge in [-0.05, 0) is 17.9 Å². The molecule has 0 saturated carbocycles. The molecule has 0 fully saturated rings. The van der Waals surface area contributed by atoms with E-state index in [9.17, 15) is 0 Å². The zero-order chi connectivity index (χ0) is 15.2. The number of nitrogens with zero attached hydrogens (tertiary/aromatic N) is 2. The summed E-state index contributed by atoms with van der Waals surface area (Å²) in [5, 5.41) is 0. The van der Waals surface area contributed by atoms with Gasteiger partial charge in [-0.15, -0.1) is 0 Å². The maximum atomic E-state index is 5.59. The minimum Gasteiger partial charge on any atom is -0.369 e. The minimum absolute atomic E-state index is 0.301. The van der Waals surface area contributed by atoms with Crippen molar-refractivity contribution in [3.05, 3.63) is 53.5 Å². The van der Waals surface area contributed by atoms with Crippen LogP contribution in [0.1, 0.15) is 37.0 Å². The van der Waals surface area contributed by atoms with E-state index in [4.69, 9.17) is 10.6 Å². The molecule has 0 radical (unpaired) electrons. The van der Waals surface area contributed by atoms with Gasteiger partial charge in [-0.1, -0.05) is 44.2 Å². The third kappa shape index (κ3) is 4.00. The number of rotatable bonds is 6. The van der Waals surface area contributed by atoms with Crippen LogP contribution in [0, 0.1) is 5.92 Å². The lowest BCUT2D eigenvalue weighted by Gasteiger charge is -2.17. The maximum Gasteiger partial charge on any atom is 0.164 e. The molecular formula is C16H22N4O. The molecule has 21 heavy (non-hydrogen) atoms. The Morgan fingerprint density at radius 1 is 1.19 bits per heavy atom. The van der Waals surface area contributed by atoms with Gasteiger partial charge in [0, 0.05) is 18.9 Å². The van der Waals surface area contributed by atoms with Crippen molar-refractivity contribution in [2.24, 2.45) is 11.8 Å². The van der Waals surface area contributed by atoms with Crippen LogP contribution in [0.5, 0.6) is 0 Å². The van der Waals surface area contributed by atoms with Gasteiger partial charge in [0.05, 0.1) is 0 Å². The van der Waals surface area contributed by atoms with E-state index in [0.29, 0.717) is 17.6 Å². The van der Waals surface area contributed by atoms with Crippen LogP contribution >= 0.6 is 0 Å². The SMILES string of the molecule is COC(c1ccccc1)c1nc(CC(C)C)cc(NN)n1. The fourth-order valence-corrected chi connectivity index (χ4v) is 2.25. The summed E-state index contributed by atoms with van der Waals surface area (Å²) in [7, 11) is 1.66. The van der Waals surface area contributed by atoms with Crippen LogP contribution in [0.2, 0.25) is 0 Å². The number of anilines is 1. The molecule has 1 aromatic carbocycles. The van der Waals surface area contributed by atoms with Crippen molar-refractivity contribution in [2.45, 2.75) is 26.4 Å². The highest BCUT2D eigenvalue weighted by Gasteiger charge is 2.18. The van der Waals surface area contributed by atoms with Gasteiger partial charge >= 0.3 is 0 Å². The summed E-state index contributed by atoms with van der Waals surface area (Å²) in [6.07, 6.45) is 0.570. The number of nitrogens with two attached hydrogens (primary N) is 1. The molecule has 2 rings (SSSR count). The fraction of sp³-hybridized carbons (Fsp3) is 0.375. The van der Waals surface area contributed by atoms with E-state index >= 15 is 0 Å². The summed E-state index contributed by atoms with van der Waals surface area (Å²) in [5.74, 6) is 7.25. The van der Waals surface area contributed by atoms with Gasteiger partial charge in [0.25, 0.3) is 0 Å². The zero-order valence-corrected chi connectivity index (χ0v) is 12.7. The first kappa shape index (κ1) is 15.4. The molecular weight excluding hydrogens is 264 g/mol. The molecule has 1 heterocycles. The maximum absolute atomic E-state index is 5.59. The second-order valence-corrected chi connectivity index (χ2v) is 5.37. The largest absolute Gasteiger partial charge is 0.369 e. The van der Waals surface area contributed by atoms with Crippen LogP contribution in [0.4, 0.5) is 5.82 Å². The summed E-state index contributed by atoms with van der Waals surface area (Å²) in [5.41, 5.74) is 4.58. The minimum atomic E-state index is -0.301. The average Bonchev–Trinajstić information content (AvgIpc) is 2.48. The van der Waals surface area contributed by atoms with Crippen LogP contribution < -0.4 is 11.3 Å². The monoisotopic (exact) mass is 286 g/mol.